The predicted octanol–water partition coefficient (Wildman–Crippen LogP) is 3.48. The van der Waals surface area contributed by atoms with Crippen molar-refractivity contribution >= 4 is 34.4 Å². The van der Waals surface area contributed by atoms with Crippen LogP contribution in [0.15, 0.2) is 22.0 Å². The number of rotatable bonds is 5. The molecule has 2 N–H and O–H groups in total. The van der Waals surface area contributed by atoms with E-state index in [1.165, 1.54) is 9.75 Å². The second-order valence-electron chi connectivity index (χ2n) is 3.76. The first-order chi connectivity index (χ1) is 8.20. The van der Waals surface area contributed by atoms with Crippen molar-refractivity contribution in [3.05, 3.63) is 27.4 Å². The van der Waals surface area contributed by atoms with Gasteiger partial charge in [0.05, 0.1) is 5.25 Å². The topological polar surface area (TPSA) is 51.8 Å². The molecule has 2 aromatic rings. The van der Waals surface area contributed by atoms with E-state index in [-0.39, 0.29) is 11.3 Å². The van der Waals surface area contributed by atoms with Crippen LogP contribution in [0.2, 0.25) is 0 Å². The van der Waals surface area contributed by atoms with Crippen LogP contribution in [0.5, 0.6) is 0 Å². The highest BCUT2D eigenvalue weighted by molar-refractivity contribution is 8.01. The summed E-state index contributed by atoms with van der Waals surface area (Å²) in [7, 11) is 0. The molecule has 0 saturated carbocycles. The Morgan fingerprint density at radius 3 is 2.82 bits per heavy atom. The van der Waals surface area contributed by atoms with Gasteiger partial charge in [0.1, 0.15) is 5.51 Å². The average Bonchev–Trinajstić information content (AvgIpc) is 2.96. The van der Waals surface area contributed by atoms with Gasteiger partial charge in [-0.15, -0.1) is 21.5 Å². The molecule has 17 heavy (non-hydrogen) atoms. The summed E-state index contributed by atoms with van der Waals surface area (Å²) in [5.74, 6) is 0. The largest absolute Gasteiger partial charge is 0.326 e. The van der Waals surface area contributed by atoms with Gasteiger partial charge in [-0.3, -0.25) is 0 Å². The van der Waals surface area contributed by atoms with Gasteiger partial charge in [0.15, 0.2) is 4.34 Å². The van der Waals surface area contributed by atoms with E-state index in [2.05, 4.69) is 36.2 Å². The lowest BCUT2D eigenvalue weighted by Gasteiger charge is -2.19. The summed E-state index contributed by atoms with van der Waals surface area (Å²) in [5, 5.41) is 8.24. The molecule has 0 aliphatic carbocycles. The lowest BCUT2D eigenvalue weighted by molar-refractivity contribution is 0.639. The number of aryl methyl sites for hydroxylation is 1. The van der Waals surface area contributed by atoms with Crippen molar-refractivity contribution < 1.29 is 0 Å². The molecule has 3 nitrogen and oxygen atoms in total. The van der Waals surface area contributed by atoms with E-state index < -0.39 is 0 Å². The van der Waals surface area contributed by atoms with Crippen LogP contribution in [0.4, 0.5) is 0 Å². The summed E-state index contributed by atoms with van der Waals surface area (Å²) < 4.78 is 0.991. The molecule has 0 amide bonds. The van der Waals surface area contributed by atoms with Gasteiger partial charge in [0, 0.05) is 15.8 Å². The van der Waals surface area contributed by atoms with Crippen LogP contribution < -0.4 is 5.73 Å². The second kappa shape index (κ2) is 5.95. The quantitative estimate of drug-likeness (QED) is 0.855. The molecule has 0 spiro atoms. The Labute approximate surface area is 113 Å². The minimum Gasteiger partial charge on any atom is -0.326 e. The zero-order chi connectivity index (χ0) is 12.3. The van der Waals surface area contributed by atoms with E-state index in [4.69, 9.17) is 5.73 Å². The molecular weight excluding hydrogens is 270 g/mol. The number of thiophene rings is 1. The molecule has 0 saturated heterocycles. The van der Waals surface area contributed by atoms with Gasteiger partial charge >= 0.3 is 0 Å². The van der Waals surface area contributed by atoms with E-state index >= 15 is 0 Å². The summed E-state index contributed by atoms with van der Waals surface area (Å²) in [5.41, 5.74) is 7.98. The fraction of sp³-hybridized carbons (Fsp3) is 0.455. The van der Waals surface area contributed by atoms with Gasteiger partial charge in [-0.25, -0.2) is 0 Å². The summed E-state index contributed by atoms with van der Waals surface area (Å²) in [6, 6.07) is 4.48. The molecule has 0 radical (unpaired) electrons. The highest BCUT2D eigenvalue weighted by atomic mass is 32.2. The molecule has 92 valence electrons. The number of hydrogen-bond donors (Lipinski definition) is 1. The van der Waals surface area contributed by atoms with Gasteiger partial charge in [-0.1, -0.05) is 30.0 Å². The molecule has 0 fully saturated rings. The van der Waals surface area contributed by atoms with E-state index in [0.717, 1.165) is 10.8 Å². The third-order valence-corrected chi connectivity index (χ3v) is 5.90. The lowest BCUT2D eigenvalue weighted by atomic mass is 10.1. The van der Waals surface area contributed by atoms with E-state index in [0.29, 0.717) is 0 Å². The molecule has 2 atom stereocenters. The third kappa shape index (κ3) is 3.28. The van der Waals surface area contributed by atoms with Crippen molar-refractivity contribution in [2.24, 2.45) is 5.73 Å². The van der Waals surface area contributed by atoms with Crippen LogP contribution in [-0.2, 0) is 0 Å². The van der Waals surface area contributed by atoms with Gasteiger partial charge in [-0.05, 0) is 25.5 Å². The van der Waals surface area contributed by atoms with Gasteiger partial charge in [0.25, 0.3) is 0 Å². The zero-order valence-corrected chi connectivity index (χ0v) is 12.2. The van der Waals surface area contributed by atoms with E-state index in [9.17, 15) is 0 Å². The second-order valence-corrected chi connectivity index (χ2v) is 7.30. The number of hydrogen-bond acceptors (Lipinski definition) is 6. The molecule has 0 aromatic carbocycles. The van der Waals surface area contributed by atoms with Crippen LogP contribution in [0.3, 0.4) is 0 Å². The molecule has 0 aliphatic heterocycles. The van der Waals surface area contributed by atoms with Crippen molar-refractivity contribution in [3.63, 3.8) is 0 Å². The standard InChI is InChI=1S/C11H15N3S3/c1-3-8(12)10(9-5-4-7(2)16-9)17-11-14-13-6-15-11/h4-6,8,10H,3,12H2,1-2H3. The maximum atomic E-state index is 6.22. The van der Waals surface area contributed by atoms with Gasteiger partial charge < -0.3 is 5.73 Å². The first kappa shape index (κ1) is 13.0. The predicted molar refractivity (Wildman–Crippen MR) is 75.8 cm³/mol. The van der Waals surface area contributed by atoms with E-state index in [1.54, 1.807) is 28.6 Å². The molecule has 0 aliphatic rings. The first-order valence-corrected chi connectivity index (χ1v) is 8.03. The molecule has 2 heterocycles. The lowest BCUT2D eigenvalue weighted by Crippen LogP contribution is -2.25. The molecule has 2 unspecified atom stereocenters. The summed E-state index contributed by atoms with van der Waals surface area (Å²) in [6.07, 6.45) is 0.966. The Balaban J connectivity index is 2.19. The van der Waals surface area contributed by atoms with Crippen molar-refractivity contribution in [1.82, 2.24) is 10.2 Å². The maximum Gasteiger partial charge on any atom is 0.174 e. The number of aromatic nitrogens is 2. The SMILES string of the molecule is CCC(N)C(Sc1nncs1)c1ccc(C)s1. The molecular formula is C11H15N3S3. The zero-order valence-electron chi connectivity index (χ0n) is 9.79. The van der Waals surface area contributed by atoms with Crippen molar-refractivity contribution in [2.45, 2.75) is 35.9 Å². The Morgan fingerprint density at radius 1 is 1.47 bits per heavy atom. The number of nitrogens with zero attached hydrogens (tertiary/aromatic N) is 2. The Bertz CT molecular complexity index is 452. The summed E-state index contributed by atoms with van der Waals surface area (Å²) in [6.45, 7) is 4.25. The van der Waals surface area contributed by atoms with Crippen molar-refractivity contribution in [3.8, 4) is 0 Å². The van der Waals surface area contributed by atoms with Crippen LogP contribution in [-0.4, -0.2) is 16.2 Å². The minimum atomic E-state index is 0.155. The number of nitrogens with two attached hydrogens (primary N) is 1. The fourth-order valence-corrected chi connectivity index (χ4v) is 4.54. The Morgan fingerprint density at radius 2 is 2.29 bits per heavy atom. The fourth-order valence-electron chi connectivity index (χ4n) is 1.50. The van der Waals surface area contributed by atoms with Crippen LogP contribution in [0.25, 0.3) is 0 Å². The highest BCUT2D eigenvalue weighted by Gasteiger charge is 2.22. The third-order valence-electron chi connectivity index (χ3n) is 2.47. The summed E-state index contributed by atoms with van der Waals surface area (Å²) in [4.78, 5) is 2.66. The Hall–Kier alpha value is -0.430. The van der Waals surface area contributed by atoms with Crippen molar-refractivity contribution in [2.75, 3.05) is 0 Å². The van der Waals surface area contributed by atoms with Crippen LogP contribution in [0.1, 0.15) is 28.3 Å². The first-order valence-electron chi connectivity index (χ1n) is 5.45. The highest BCUT2D eigenvalue weighted by Crippen LogP contribution is 2.41. The Kier molecular flexibility index (Phi) is 4.55. The normalized spacial score (nSPS) is 14.8. The van der Waals surface area contributed by atoms with Gasteiger partial charge in [-0.2, -0.15) is 0 Å². The van der Waals surface area contributed by atoms with E-state index in [1.807, 2.05) is 11.3 Å². The smallest absolute Gasteiger partial charge is 0.174 e. The average molecular weight is 285 g/mol. The van der Waals surface area contributed by atoms with Crippen LogP contribution >= 0.6 is 34.4 Å². The monoisotopic (exact) mass is 285 g/mol. The molecule has 2 rings (SSSR count). The van der Waals surface area contributed by atoms with Crippen molar-refractivity contribution in [1.29, 1.82) is 0 Å². The maximum absolute atomic E-state index is 6.22. The van der Waals surface area contributed by atoms with Crippen LogP contribution in [0, 0.1) is 6.92 Å². The molecule has 2 aromatic heterocycles. The molecule has 0 bridgehead atoms. The minimum absolute atomic E-state index is 0.155. The summed E-state index contributed by atoms with van der Waals surface area (Å²) >= 11 is 5.11. The number of thioether (sulfide) groups is 1. The van der Waals surface area contributed by atoms with Gasteiger partial charge in [0.2, 0.25) is 0 Å². The molecule has 6 heteroatoms.